The number of carbonyl (C=O) groups is 1. The number of hydrogen-bond donors (Lipinski definition) is 1. The number of hydrogen-bond acceptors (Lipinski definition) is 2. The SMILES string of the molecule is Cc1cc(Cl)ccc1N/C=C(\Cl)C=O. The maximum atomic E-state index is 10.2. The minimum Gasteiger partial charge on any atom is -0.360 e. The highest BCUT2D eigenvalue weighted by molar-refractivity contribution is 6.38. The first kappa shape index (κ1) is 11.1. The molecule has 0 saturated heterocycles. The highest BCUT2D eigenvalue weighted by atomic mass is 35.5. The number of anilines is 1. The number of rotatable bonds is 3. The van der Waals surface area contributed by atoms with Gasteiger partial charge in [0.05, 0.1) is 5.03 Å². The van der Waals surface area contributed by atoms with Gasteiger partial charge in [0.1, 0.15) is 0 Å². The lowest BCUT2D eigenvalue weighted by molar-refractivity contribution is -0.104. The fourth-order valence-electron chi connectivity index (χ4n) is 0.970. The minimum atomic E-state index is 0.124. The van der Waals surface area contributed by atoms with Gasteiger partial charge in [0.2, 0.25) is 0 Å². The van der Waals surface area contributed by atoms with Crippen LogP contribution in [0.4, 0.5) is 5.69 Å². The zero-order valence-corrected chi connectivity index (χ0v) is 9.06. The minimum absolute atomic E-state index is 0.124. The molecular formula is C10H9Cl2NO. The lowest BCUT2D eigenvalue weighted by Gasteiger charge is -2.05. The summed E-state index contributed by atoms with van der Waals surface area (Å²) in [6, 6.07) is 5.41. The molecule has 1 aromatic carbocycles. The van der Waals surface area contributed by atoms with Gasteiger partial charge in [-0.3, -0.25) is 4.79 Å². The van der Waals surface area contributed by atoms with E-state index in [-0.39, 0.29) is 5.03 Å². The Labute approximate surface area is 92.5 Å². The average molecular weight is 230 g/mol. The molecular weight excluding hydrogens is 221 g/mol. The number of aryl methyl sites for hydroxylation is 1. The van der Waals surface area contributed by atoms with E-state index in [2.05, 4.69) is 5.32 Å². The highest BCUT2D eigenvalue weighted by Gasteiger charge is 1.96. The average Bonchev–Trinajstić information content (AvgIpc) is 2.16. The Morgan fingerprint density at radius 3 is 2.79 bits per heavy atom. The van der Waals surface area contributed by atoms with Crippen molar-refractivity contribution in [3.8, 4) is 0 Å². The molecule has 0 spiro atoms. The van der Waals surface area contributed by atoms with Crippen LogP contribution in [0.2, 0.25) is 5.02 Å². The first-order chi connectivity index (χ1) is 6.63. The molecule has 1 rings (SSSR count). The third-order valence-corrected chi connectivity index (χ3v) is 2.10. The van der Waals surface area contributed by atoms with Gasteiger partial charge < -0.3 is 5.32 Å². The summed E-state index contributed by atoms with van der Waals surface area (Å²) >= 11 is 11.3. The molecule has 0 heterocycles. The zero-order valence-electron chi connectivity index (χ0n) is 7.55. The van der Waals surface area contributed by atoms with Crippen LogP contribution in [-0.2, 0) is 4.79 Å². The Morgan fingerprint density at radius 2 is 2.21 bits per heavy atom. The van der Waals surface area contributed by atoms with Gasteiger partial charge in [-0.05, 0) is 30.7 Å². The molecule has 0 aliphatic carbocycles. The highest BCUT2D eigenvalue weighted by Crippen LogP contribution is 2.19. The van der Waals surface area contributed by atoms with Gasteiger partial charge in [-0.1, -0.05) is 23.2 Å². The normalized spacial score (nSPS) is 11.2. The molecule has 0 aliphatic heterocycles. The quantitative estimate of drug-likeness (QED) is 0.637. The van der Waals surface area contributed by atoms with E-state index in [0.29, 0.717) is 11.3 Å². The number of benzene rings is 1. The van der Waals surface area contributed by atoms with Crippen LogP contribution in [0.5, 0.6) is 0 Å². The smallest absolute Gasteiger partial charge is 0.162 e. The van der Waals surface area contributed by atoms with Crippen molar-refractivity contribution in [2.24, 2.45) is 0 Å². The van der Waals surface area contributed by atoms with Gasteiger partial charge >= 0.3 is 0 Å². The predicted molar refractivity (Wildman–Crippen MR) is 59.8 cm³/mol. The number of nitrogens with one attached hydrogen (secondary N) is 1. The molecule has 0 amide bonds. The van der Waals surface area contributed by atoms with E-state index in [4.69, 9.17) is 23.2 Å². The van der Waals surface area contributed by atoms with Crippen LogP contribution in [0.1, 0.15) is 5.56 Å². The standard InChI is InChI=1S/C10H9Cl2NO/c1-7-4-8(11)2-3-10(7)13-5-9(12)6-14/h2-6,13H,1H3/b9-5-. The van der Waals surface area contributed by atoms with Crippen molar-refractivity contribution in [1.82, 2.24) is 0 Å². The van der Waals surface area contributed by atoms with Crippen LogP contribution < -0.4 is 5.32 Å². The maximum Gasteiger partial charge on any atom is 0.162 e. The van der Waals surface area contributed by atoms with Gasteiger partial charge in [-0.2, -0.15) is 0 Å². The summed E-state index contributed by atoms with van der Waals surface area (Å²) in [5.41, 5.74) is 1.86. The van der Waals surface area contributed by atoms with E-state index in [1.165, 1.54) is 6.20 Å². The van der Waals surface area contributed by atoms with Crippen LogP contribution in [0, 0.1) is 6.92 Å². The van der Waals surface area contributed by atoms with Crippen molar-refractivity contribution in [3.05, 3.63) is 40.0 Å². The van der Waals surface area contributed by atoms with Crippen LogP contribution in [-0.4, -0.2) is 6.29 Å². The van der Waals surface area contributed by atoms with Gasteiger partial charge in [-0.25, -0.2) is 0 Å². The number of allylic oxidation sites excluding steroid dienone is 1. The Balaban J connectivity index is 2.82. The second kappa shape index (κ2) is 5.03. The van der Waals surface area contributed by atoms with Crippen molar-refractivity contribution >= 4 is 35.2 Å². The molecule has 0 radical (unpaired) electrons. The Hall–Kier alpha value is -0.990. The number of aldehydes is 1. The van der Waals surface area contributed by atoms with Gasteiger partial charge in [0.15, 0.2) is 6.29 Å². The van der Waals surface area contributed by atoms with Crippen LogP contribution >= 0.6 is 23.2 Å². The fraction of sp³-hybridized carbons (Fsp3) is 0.100. The van der Waals surface area contributed by atoms with Crippen LogP contribution in [0.3, 0.4) is 0 Å². The monoisotopic (exact) mass is 229 g/mol. The molecule has 0 aromatic heterocycles. The summed E-state index contributed by atoms with van der Waals surface area (Å²) in [6.07, 6.45) is 2.00. The Kier molecular flexibility index (Phi) is 3.98. The van der Waals surface area contributed by atoms with Crippen LogP contribution in [0.15, 0.2) is 29.4 Å². The topological polar surface area (TPSA) is 29.1 Å². The molecule has 0 atom stereocenters. The summed E-state index contributed by atoms with van der Waals surface area (Å²) in [4.78, 5) is 10.2. The van der Waals surface area contributed by atoms with Crippen LogP contribution in [0.25, 0.3) is 0 Å². The first-order valence-electron chi connectivity index (χ1n) is 3.97. The third-order valence-electron chi connectivity index (χ3n) is 1.67. The van der Waals surface area contributed by atoms with Crippen molar-refractivity contribution in [1.29, 1.82) is 0 Å². The predicted octanol–water partition coefficient (Wildman–Crippen LogP) is 3.34. The van der Waals surface area contributed by atoms with E-state index in [9.17, 15) is 4.79 Å². The zero-order chi connectivity index (χ0) is 10.6. The summed E-state index contributed by atoms with van der Waals surface area (Å²) < 4.78 is 0. The second-order valence-electron chi connectivity index (χ2n) is 2.75. The molecule has 1 N–H and O–H groups in total. The second-order valence-corrected chi connectivity index (χ2v) is 3.62. The van der Waals surface area contributed by atoms with E-state index in [0.717, 1.165) is 11.3 Å². The molecule has 0 saturated carbocycles. The summed E-state index contributed by atoms with van der Waals surface area (Å²) in [7, 11) is 0. The molecule has 14 heavy (non-hydrogen) atoms. The van der Waals surface area contributed by atoms with Crippen molar-refractivity contribution in [2.45, 2.75) is 6.92 Å². The Morgan fingerprint density at radius 1 is 1.50 bits per heavy atom. The maximum absolute atomic E-state index is 10.2. The van der Waals surface area contributed by atoms with E-state index in [1.807, 2.05) is 19.1 Å². The van der Waals surface area contributed by atoms with Gasteiger partial charge in [0.25, 0.3) is 0 Å². The van der Waals surface area contributed by atoms with Crippen molar-refractivity contribution < 1.29 is 4.79 Å². The van der Waals surface area contributed by atoms with Gasteiger partial charge in [0, 0.05) is 16.9 Å². The van der Waals surface area contributed by atoms with Gasteiger partial charge in [-0.15, -0.1) is 0 Å². The molecule has 0 aliphatic rings. The summed E-state index contributed by atoms with van der Waals surface area (Å²) in [6.45, 7) is 1.91. The lowest BCUT2D eigenvalue weighted by atomic mass is 10.2. The largest absolute Gasteiger partial charge is 0.360 e. The van der Waals surface area contributed by atoms with E-state index in [1.54, 1.807) is 6.07 Å². The molecule has 2 nitrogen and oxygen atoms in total. The third kappa shape index (κ3) is 3.05. The number of halogens is 2. The van der Waals surface area contributed by atoms with Crippen molar-refractivity contribution in [3.63, 3.8) is 0 Å². The molecule has 0 bridgehead atoms. The lowest BCUT2D eigenvalue weighted by Crippen LogP contribution is -1.92. The van der Waals surface area contributed by atoms with E-state index >= 15 is 0 Å². The number of carbonyl (C=O) groups excluding carboxylic acids is 1. The molecule has 4 heteroatoms. The first-order valence-corrected chi connectivity index (χ1v) is 4.72. The molecule has 0 unspecified atom stereocenters. The summed E-state index contributed by atoms with van der Waals surface area (Å²) in [5.74, 6) is 0. The van der Waals surface area contributed by atoms with Crippen molar-refractivity contribution in [2.75, 3.05) is 5.32 Å². The van der Waals surface area contributed by atoms with E-state index < -0.39 is 0 Å². The molecule has 0 fully saturated rings. The summed E-state index contributed by atoms with van der Waals surface area (Å²) in [5, 5.41) is 3.71. The molecule has 1 aromatic rings. The Bertz CT molecular complexity index is 374. The molecule has 74 valence electrons. The fourth-order valence-corrected chi connectivity index (χ4v) is 1.25.